The van der Waals surface area contributed by atoms with Crippen LogP contribution in [-0.2, 0) is 0 Å². The van der Waals surface area contributed by atoms with E-state index in [2.05, 4.69) is 69.5 Å². The Labute approximate surface area is 207 Å². The van der Waals surface area contributed by atoms with Crippen molar-refractivity contribution in [1.29, 1.82) is 0 Å². The fraction of sp³-hybridized carbons (Fsp3) is 0.429. The molecule has 176 valence electrons. The molecule has 3 heterocycles. The second kappa shape index (κ2) is 9.41. The van der Waals surface area contributed by atoms with Gasteiger partial charge >= 0.3 is 0 Å². The molecule has 6 rings (SSSR count). The van der Waals surface area contributed by atoms with Crippen LogP contribution in [0.5, 0.6) is 5.75 Å². The van der Waals surface area contributed by atoms with E-state index in [0.29, 0.717) is 12.1 Å². The lowest BCUT2D eigenvalue weighted by Crippen LogP contribution is -2.30. The van der Waals surface area contributed by atoms with Gasteiger partial charge in [0, 0.05) is 29.8 Å². The first kappa shape index (κ1) is 21.7. The van der Waals surface area contributed by atoms with Crippen LogP contribution in [0.2, 0.25) is 0 Å². The second-order valence-electron chi connectivity index (χ2n) is 9.79. The lowest BCUT2D eigenvalue weighted by Gasteiger charge is -2.30. The number of ether oxygens (including phenoxy) is 1. The highest BCUT2D eigenvalue weighted by molar-refractivity contribution is 7.80. The van der Waals surface area contributed by atoms with Crippen LogP contribution in [0, 0.1) is 0 Å². The molecule has 0 amide bonds. The van der Waals surface area contributed by atoms with E-state index < -0.39 is 0 Å². The summed E-state index contributed by atoms with van der Waals surface area (Å²) >= 11 is 5.92. The Morgan fingerprint density at radius 2 is 1.65 bits per heavy atom. The number of hydrogen-bond acceptors (Lipinski definition) is 3. The molecule has 6 heteroatoms. The minimum atomic E-state index is -0.0156. The summed E-state index contributed by atoms with van der Waals surface area (Å²) in [6.45, 7) is 0. The first-order valence-corrected chi connectivity index (χ1v) is 13.1. The summed E-state index contributed by atoms with van der Waals surface area (Å²) in [5.41, 5.74) is 3.39. The Balaban J connectivity index is 1.36. The molecule has 2 aliphatic carbocycles. The van der Waals surface area contributed by atoms with Crippen LogP contribution < -0.4 is 15.0 Å². The lowest BCUT2D eigenvalue weighted by molar-refractivity contribution is 0.210. The molecule has 34 heavy (non-hydrogen) atoms. The number of nitrogens with one attached hydrogen (secondary N) is 1. The Bertz CT molecular complexity index is 1120. The lowest BCUT2D eigenvalue weighted by atomic mass is 10.00. The van der Waals surface area contributed by atoms with Crippen molar-refractivity contribution < 1.29 is 4.74 Å². The van der Waals surface area contributed by atoms with Crippen molar-refractivity contribution in [3.8, 4) is 5.75 Å². The van der Waals surface area contributed by atoms with Crippen LogP contribution in [-0.4, -0.2) is 20.8 Å². The predicted octanol–water partition coefficient (Wildman–Crippen LogP) is 6.50. The van der Waals surface area contributed by atoms with Gasteiger partial charge in [-0.1, -0.05) is 18.9 Å². The summed E-state index contributed by atoms with van der Waals surface area (Å²) in [6.07, 6.45) is 14.4. The van der Waals surface area contributed by atoms with Gasteiger partial charge in [-0.3, -0.25) is 4.98 Å². The number of rotatable bonds is 6. The molecule has 2 aromatic heterocycles. The monoisotopic (exact) mass is 472 g/mol. The molecule has 3 aliphatic rings. The highest BCUT2D eigenvalue weighted by Crippen LogP contribution is 2.44. The third kappa shape index (κ3) is 4.09. The molecule has 0 bridgehead atoms. The number of pyridine rings is 1. The molecular weight excluding hydrogens is 440 g/mol. The summed E-state index contributed by atoms with van der Waals surface area (Å²) in [6, 6.07) is 19.6. The second-order valence-corrected chi connectivity index (χ2v) is 10.2. The molecule has 1 aromatic carbocycles. The number of nitrogens with zero attached hydrogens (tertiary/aromatic N) is 3. The van der Waals surface area contributed by atoms with Crippen molar-refractivity contribution in [3.05, 3.63) is 78.4 Å². The van der Waals surface area contributed by atoms with E-state index in [9.17, 15) is 0 Å². The summed E-state index contributed by atoms with van der Waals surface area (Å²) < 4.78 is 8.71. The normalized spacial score (nSPS) is 23.5. The maximum absolute atomic E-state index is 6.21. The average molecular weight is 473 g/mol. The number of thiocarbonyl (C=S) groups is 1. The van der Waals surface area contributed by atoms with Gasteiger partial charge in [0.05, 0.1) is 17.8 Å². The molecule has 1 N–H and O–H groups in total. The standard InChI is InChI=1S/C28H32N4OS/c34-28-30-26(24-12-5-6-18-29-24)27(25-13-7-19-31(25)20-8-1-2-9-20)32(28)21-14-16-23(17-15-21)33-22-10-3-4-11-22/h5-7,12-20,22,26-27H,1-4,8-11H2,(H,30,34)/t26-,27-/m0/s1. The molecule has 5 nitrogen and oxygen atoms in total. The van der Waals surface area contributed by atoms with E-state index in [1.807, 2.05) is 12.3 Å². The summed E-state index contributed by atoms with van der Waals surface area (Å²) in [5.74, 6) is 0.945. The largest absolute Gasteiger partial charge is 0.490 e. The fourth-order valence-electron chi connectivity index (χ4n) is 5.99. The Morgan fingerprint density at radius 3 is 2.38 bits per heavy atom. The predicted molar refractivity (Wildman–Crippen MR) is 139 cm³/mol. The van der Waals surface area contributed by atoms with Gasteiger partial charge in [-0.15, -0.1) is 0 Å². The molecule has 0 spiro atoms. The highest BCUT2D eigenvalue weighted by atomic mass is 32.1. The van der Waals surface area contributed by atoms with Gasteiger partial charge in [0.1, 0.15) is 11.8 Å². The third-order valence-corrected chi connectivity index (χ3v) is 7.97. The quantitative estimate of drug-likeness (QED) is 0.415. The number of hydrogen-bond donors (Lipinski definition) is 1. The number of aromatic nitrogens is 2. The molecule has 1 saturated heterocycles. The smallest absolute Gasteiger partial charge is 0.174 e. The molecule has 3 aromatic rings. The Morgan fingerprint density at radius 1 is 0.882 bits per heavy atom. The maximum Gasteiger partial charge on any atom is 0.174 e. The summed E-state index contributed by atoms with van der Waals surface area (Å²) in [4.78, 5) is 6.98. The Kier molecular flexibility index (Phi) is 6.00. The Hall–Kier alpha value is -2.86. The van der Waals surface area contributed by atoms with Crippen LogP contribution in [0.4, 0.5) is 5.69 Å². The minimum absolute atomic E-state index is 0.0156. The third-order valence-electron chi connectivity index (χ3n) is 7.65. The molecular formula is C28H32N4OS. The van der Waals surface area contributed by atoms with Gasteiger partial charge in [-0.2, -0.15) is 0 Å². The van der Waals surface area contributed by atoms with Crippen molar-refractivity contribution in [2.75, 3.05) is 4.90 Å². The van der Waals surface area contributed by atoms with Gasteiger partial charge in [0.15, 0.2) is 5.11 Å². The van der Waals surface area contributed by atoms with Crippen molar-refractivity contribution >= 4 is 23.0 Å². The average Bonchev–Trinajstić information content (AvgIpc) is 3.66. The van der Waals surface area contributed by atoms with Gasteiger partial charge in [0.2, 0.25) is 0 Å². The summed E-state index contributed by atoms with van der Waals surface area (Å²) in [7, 11) is 0. The SMILES string of the molecule is S=C1N[C@@H](c2ccccn2)[C@H](c2cccn2C2CCCC2)N1c1ccc(OC2CCCC2)cc1. The molecule has 2 atom stereocenters. The molecule has 1 aliphatic heterocycles. The van der Waals surface area contributed by atoms with E-state index in [0.717, 1.165) is 35.1 Å². The van der Waals surface area contributed by atoms with Crippen molar-refractivity contribution in [2.45, 2.75) is 75.6 Å². The van der Waals surface area contributed by atoms with Crippen molar-refractivity contribution in [1.82, 2.24) is 14.9 Å². The number of anilines is 1. The summed E-state index contributed by atoms with van der Waals surface area (Å²) in [5, 5.41) is 4.34. The van der Waals surface area contributed by atoms with Gasteiger partial charge in [-0.25, -0.2) is 0 Å². The molecule has 2 saturated carbocycles. The van der Waals surface area contributed by atoms with Crippen LogP contribution in [0.15, 0.2) is 67.0 Å². The maximum atomic E-state index is 6.21. The zero-order valence-corrected chi connectivity index (χ0v) is 20.3. The van der Waals surface area contributed by atoms with E-state index >= 15 is 0 Å². The van der Waals surface area contributed by atoms with Gasteiger partial charge in [0.25, 0.3) is 0 Å². The van der Waals surface area contributed by atoms with Gasteiger partial charge in [-0.05, 0) is 99.3 Å². The van der Waals surface area contributed by atoms with Crippen LogP contribution in [0.25, 0.3) is 0 Å². The molecule has 0 unspecified atom stereocenters. The van der Waals surface area contributed by atoms with E-state index in [4.69, 9.17) is 21.9 Å². The molecule has 0 radical (unpaired) electrons. The van der Waals surface area contributed by atoms with Crippen LogP contribution in [0.3, 0.4) is 0 Å². The zero-order chi connectivity index (χ0) is 22.9. The van der Waals surface area contributed by atoms with Gasteiger partial charge < -0.3 is 19.5 Å². The first-order chi connectivity index (χ1) is 16.8. The van der Waals surface area contributed by atoms with Crippen molar-refractivity contribution in [2.24, 2.45) is 0 Å². The molecule has 3 fully saturated rings. The van der Waals surface area contributed by atoms with Crippen LogP contribution in [0.1, 0.15) is 80.9 Å². The highest BCUT2D eigenvalue weighted by Gasteiger charge is 2.42. The number of benzene rings is 1. The zero-order valence-electron chi connectivity index (χ0n) is 19.5. The topological polar surface area (TPSA) is 42.3 Å². The van der Waals surface area contributed by atoms with E-state index in [-0.39, 0.29) is 12.1 Å². The minimum Gasteiger partial charge on any atom is -0.490 e. The van der Waals surface area contributed by atoms with E-state index in [1.165, 1.54) is 44.2 Å². The van der Waals surface area contributed by atoms with E-state index in [1.54, 1.807) is 0 Å². The fourth-order valence-corrected chi connectivity index (χ4v) is 6.34. The van der Waals surface area contributed by atoms with Crippen molar-refractivity contribution in [3.63, 3.8) is 0 Å². The first-order valence-electron chi connectivity index (χ1n) is 12.7. The van der Waals surface area contributed by atoms with Crippen LogP contribution >= 0.6 is 12.2 Å².